The van der Waals surface area contributed by atoms with E-state index in [4.69, 9.17) is 0 Å². The minimum Gasteiger partial charge on any atom is -0.545 e. The number of fused-ring (bicyclic) bond motifs is 2. The van der Waals surface area contributed by atoms with E-state index >= 15 is 0 Å². The van der Waals surface area contributed by atoms with Crippen LogP contribution in [0.1, 0.15) is 21.5 Å². The zero-order valence-electron chi connectivity index (χ0n) is 17.7. The number of anilines is 2. The van der Waals surface area contributed by atoms with E-state index in [0.717, 1.165) is 16.8 Å². The summed E-state index contributed by atoms with van der Waals surface area (Å²) < 4.78 is 28.2. The second-order valence-electron chi connectivity index (χ2n) is 7.57. The summed E-state index contributed by atoms with van der Waals surface area (Å²) in [5.74, 6) is -1.74. The van der Waals surface area contributed by atoms with Crippen molar-refractivity contribution in [1.29, 1.82) is 0 Å². The van der Waals surface area contributed by atoms with E-state index in [1.165, 1.54) is 24.3 Å². The van der Waals surface area contributed by atoms with Crippen molar-refractivity contribution in [2.24, 2.45) is 0 Å². The molecule has 7 heteroatoms. The minimum absolute atomic E-state index is 0. The van der Waals surface area contributed by atoms with Crippen molar-refractivity contribution in [2.75, 3.05) is 11.4 Å². The van der Waals surface area contributed by atoms with E-state index in [0.29, 0.717) is 35.4 Å². The molecule has 0 fully saturated rings. The predicted octanol–water partition coefficient (Wildman–Crippen LogP) is 1.55. The molecule has 0 radical (unpaired) electrons. The molecule has 5 rings (SSSR count). The average molecular weight is 438 g/mol. The van der Waals surface area contributed by atoms with Crippen molar-refractivity contribution < 1.29 is 48.2 Å². The van der Waals surface area contributed by atoms with E-state index in [-0.39, 0.29) is 46.3 Å². The Hall–Kier alpha value is -2.80. The van der Waals surface area contributed by atoms with Gasteiger partial charge in [0.1, 0.15) is 17.5 Å². The first-order valence-corrected chi connectivity index (χ1v) is 9.91. The Kier molecular flexibility index (Phi) is 6.03. The van der Waals surface area contributed by atoms with Gasteiger partial charge in [-0.1, -0.05) is 30.3 Å². The molecule has 0 unspecified atom stereocenters. The van der Waals surface area contributed by atoms with Crippen molar-refractivity contribution in [3.05, 3.63) is 89.0 Å². The van der Waals surface area contributed by atoms with Crippen molar-refractivity contribution in [1.82, 2.24) is 4.98 Å². The van der Waals surface area contributed by atoms with Gasteiger partial charge in [-0.3, -0.25) is 0 Å². The van der Waals surface area contributed by atoms with Gasteiger partial charge in [-0.25, -0.2) is 13.8 Å². The van der Waals surface area contributed by atoms with Gasteiger partial charge in [0.2, 0.25) is 0 Å². The SMILES string of the molecule is Cc1c(N2CCc3c(-c4ccccc4F)cccc32)nc2ccc(F)cc2c1C(=O)[O-].[Na+]. The van der Waals surface area contributed by atoms with Crippen molar-refractivity contribution in [3.8, 4) is 11.1 Å². The molecule has 4 nitrogen and oxygen atoms in total. The average Bonchev–Trinajstić information content (AvgIpc) is 3.17. The Morgan fingerprint density at radius 2 is 1.78 bits per heavy atom. The molecule has 0 N–H and O–H groups in total. The van der Waals surface area contributed by atoms with Crippen molar-refractivity contribution in [3.63, 3.8) is 0 Å². The van der Waals surface area contributed by atoms with Crippen LogP contribution >= 0.6 is 0 Å². The monoisotopic (exact) mass is 438 g/mol. The summed E-state index contributed by atoms with van der Waals surface area (Å²) in [4.78, 5) is 18.5. The molecule has 3 aromatic carbocycles. The summed E-state index contributed by atoms with van der Waals surface area (Å²) in [6.07, 6.45) is 0.656. The Bertz CT molecular complexity index is 1370. The number of nitrogens with zero attached hydrogens (tertiary/aromatic N) is 2. The maximum absolute atomic E-state index is 14.4. The summed E-state index contributed by atoms with van der Waals surface area (Å²) in [5.41, 5.74) is 3.86. The standard InChI is InChI=1S/C25H18F2N2O2.Na/c1-14-23(25(30)31)19-13-15(26)9-10-21(19)28-24(14)29-12-11-18-16(6-4-8-22(18)29)17-5-2-3-7-20(17)27;/h2-10,13H,11-12H2,1H3,(H,30,31);/q;+1/p-1. The molecular weight excluding hydrogens is 421 g/mol. The molecule has 0 saturated heterocycles. The van der Waals surface area contributed by atoms with Gasteiger partial charge in [0, 0.05) is 34.3 Å². The quantitative estimate of drug-likeness (QED) is 0.456. The number of hydrogen-bond acceptors (Lipinski definition) is 4. The predicted molar refractivity (Wildman–Crippen MR) is 113 cm³/mol. The summed E-state index contributed by atoms with van der Waals surface area (Å²) in [6.45, 7) is 2.21. The molecule has 0 amide bonds. The number of aromatic carboxylic acids is 1. The molecule has 1 aromatic heterocycles. The molecule has 0 bridgehead atoms. The second-order valence-corrected chi connectivity index (χ2v) is 7.57. The molecule has 154 valence electrons. The van der Waals surface area contributed by atoms with Crippen LogP contribution in [0.5, 0.6) is 0 Å². The number of pyridine rings is 1. The Morgan fingerprint density at radius 1 is 1.03 bits per heavy atom. The molecule has 32 heavy (non-hydrogen) atoms. The third-order valence-electron chi connectivity index (χ3n) is 5.82. The first kappa shape index (κ1) is 22.4. The number of rotatable bonds is 3. The Balaban J connectivity index is 0.00000245. The maximum atomic E-state index is 14.4. The first-order valence-electron chi connectivity index (χ1n) is 9.91. The van der Waals surface area contributed by atoms with Crippen LogP contribution < -0.4 is 39.6 Å². The molecule has 1 aliphatic heterocycles. The molecule has 0 aliphatic carbocycles. The number of carboxylic acid groups (broad SMARTS) is 1. The van der Waals surface area contributed by atoms with Gasteiger partial charge in [0.05, 0.1) is 11.5 Å². The Labute approximate surface area is 205 Å². The minimum atomic E-state index is -1.38. The number of hydrogen-bond donors (Lipinski definition) is 0. The van der Waals surface area contributed by atoms with Crippen LogP contribution in [0.3, 0.4) is 0 Å². The number of carbonyl (C=O) groups is 1. The van der Waals surface area contributed by atoms with Gasteiger partial charge in [0.15, 0.2) is 0 Å². The van der Waals surface area contributed by atoms with E-state index in [1.807, 2.05) is 23.1 Å². The molecule has 1 aliphatic rings. The molecule has 4 aromatic rings. The normalized spacial score (nSPS) is 12.5. The van der Waals surface area contributed by atoms with E-state index in [2.05, 4.69) is 4.98 Å². The first-order chi connectivity index (χ1) is 15.0. The van der Waals surface area contributed by atoms with Crippen LogP contribution in [0.15, 0.2) is 60.7 Å². The van der Waals surface area contributed by atoms with Crippen LogP contribution in [0.4, 0.5) is 20.3 Å². The van der Waals surface area contributed by atoms with E-state index in [9.17, 15) is 18.7 Å². The largest absolute Gasteiger partial charge is 1.00 e. The fourth-order valence-electron chi connectivity index (χ4n) is 4.43. The van der Waals surface area contributed by atoms with Crippen LogP contribution in [0.25, 0.3) is 22.0 Å². The molecule has 0 spiro atoms. The number of aromatic nitrogens is 1. The molecule has 2 heterocycles. The van der Waals surface area contributed by atoms with Crippen LogP contribution in [-0.4, -0.2) is 17.5 Å². The maximum Gasteiger partial charge on any atom is 1.00 e. The summed E-state index contributed by atoms with van der Waals surface area (Å²) in [5, 5.41) is 12.1. The molecule has 0 saturated carbocycles. The third-order valence-corrected chi connectivity index (χ3v) is 5.82. The van der Waals surface area contributed by atoms with Crippen LogP contribution in [-0.2, 0) is 6.42 Å². The fraction of sp³-hybridized carbons (Fsp3) is 0.120. The van der Waals surface area contributed by atoms with Crippen molar-refractivity contribution >= 4 is 28.4 Å². The van der Waals surface area contributed by atoms with Gasteiger partial charge in [-0.2, -0.15) is 0 Å². The van der Waals surface area contributed by atoms with Gasteiger partial charge in [0.25, 0.3) is 0 Å². The van der Waals surface area contributed by atoms with Crippen LogP contribution in [0, 0.1) is 18.6 Å². The van der Waals surface area contributed by atoms with E-state index < -0.39 is 11.8 Å². The van der Waals surface area contributed by atoms with Crippen LogP contribution in [0.2, 0.25) is 0 Å². The molecule has 0 atom stereocenters. The van der Waals surface area contributed by atoms with Gasteiger partial charge in [-0.05, 0) is 54.8 Å². The topological polar surface area (TPSA) is 56.3 Å². The smallest absolute Gasteiger partial charge is 0.545 e. The summed E-state index contributed by atoms with van der Waals surface area (Å²) >= 11 is 0. The summed E-state index contributed by atoms with van der Waals surface area (Å²) in [6, 6.07) is 16.2. The fourth-order valence-corrected chi connectivity index (χ4v) is 4.43. The number of benzene rings is 3. The number of carbonyl (C=O) groups excluding carboxylic acids is 1. The number of carboxylic acids is 1. The zero-order valence-corrected chi connectivity index (χ0v) is 19.7. The van der Waals surface area contributed by atoms with Gasteiger partial charge < -0.3 is 14.8 Å². The van der Waals surface area contributed by atoms with Gasteiger partial charge in [-0.15, -0.1) is 0 Å². The van der Waals surface area contributed by atoms with Gasteiger partial charge >= 0.3 is 29.6 Å². The zero-order chi connectivity index (χ0) is 21.7. The van der Waals surface area contributed by atoms with Crippen molar-refractivity contribution in [2.45, 2.75) is 13.3 Å². The number of halogens is 2. The Morgan fingerprint density at radius 3 is 2.53 bits per heavy atom. The second kappa shape index (κ2) is 8.62. The third kappa shape index (κ3) is 3.58. The van der Waals surface area contributed by atoms with E-state index in [1.54, 1.807) is 25.1 Å². The molecular formula is C25H17F2N2NaO2. The summed E-state index contributed by atoms with van der Waals surface area (Å²) in [7, 11) is 0.